The molecule has 2 aromatic rings. The van der Waals surface area contributed by atoms with Crippen molar-refractivity contribution in [1.82, 2.24) is 15.0 Å². The molecule has 0 amide bonds. The lowest BCUT2D eigenvalue weighted by Gasteiger charge is -2.37. The number of aliphatic hydroxyl groups is 1. The third kappa shape index (κ3) is 2.36. The normalized spacial score (nSPS) is 19.7. The van der Waals surface area contributed by atoms with Gasteiger partial charge in [0.1, 0.15) is 6.10 Å². The van der Waals surface area contributed by atoms with Crippen LogP contribution in [0.1, 0.15) is 50.8 Å². The van der Waals surface area contributed by atoms with Crippen molar-refractivity contribution >= 4 is 0 Å². The Morgan fingerprint density at radius 1 is 1.15 bits per heavy atom. The van der Waals surface area contributed by atoms with Gasteiger partial charge in [-0.25, -0.2) is 4.68 Å². The molecule has 1 atom stereocenters. The van der Waals surface area contributed by atoms with E-state index < -0.39 is 6.10 Å². The standard InChI is InChI=1S/C16H21N3O/c1-16(10-6-3-7-11-16)15(20)14-12-17-18-19(14)13-8-4-2-5-9-13/h2,4-5,8-9,12,15,20H,3,6-7,10-11H2,1H3. The molecule has 4 heteroatoms. The third-order valence-corrected chi connectivity index (χ3v) is 4.51. The highest BCUT2D eigenvalue weighted by atomic mass is 16.3. The first-order chi connectivity index (χ1) is 9.71. The zero-order valence-corrected chi connectivity index (χ0v) is 11.9. The van der Waals surface area contributed by atoms with Crippen molar-refractivity contribution in [1.29, 1.82) is 0 Å². The van der Waals surface area contributed by atoms with Crippen molar-refractivity contribution in [3.63, 3.8) is 0 Å². The van der Waals surface area contributed by atoms with Gasteiger partial charge in [-0.15, -0.1) is 5.10 Å². The summed E-state index contributed by atoms with van der Waals surface area (Å²) in [5.74, 6) is 0. The molecule has 0 bridgehead atoms. The lowest BCUT2D eigenvalue weighted by Crippen LogP contribution is -2.29. The topological polar surface area (TPSA) is 50.9 Å². The van der Waals surface area contributed by atoms with Gasteiger partial charge in [0.15, 0.2) is 0 Å². The summed E-state index contributed by atoms with van der Waals surface area (Å²) in [6.07, 6.45) is 6.97. The Morgan fingerprint density at radius 2 is 1.85 bits per heavy atom. The van der Waals surface area contributed by atoms with E-state index in [9.17, 15) is 5.11 Å². The summed E-state index contributed by atoms with van der Waals surface area (Å²) in [5, 5.41) is 19.0. The van der Waals surface area contributed by atoms with E-state index >= 15 is 0 Å². The first-order valence-electron chi connectivity index (χ1n) is 7.35. The Kier molecular flexibility index (Phi) is 3.57. The van der Waals surface area contributed by atoms with Crippen LogP contribution < -0.4 is 0 Å². The summed E-state index contributed by atoms with van der Waals surface area (Å²) in [5.41, 5.74) is 1.67. The van der Waals surface area contributed by atoms with Crippen molar-refractivity contribution in [2.75, 3.05) is 0 Å². The van der Waals surface area contributed by atoms with Gasteiger partial charge in [-0.2, -0.15) is 0 Å². The number of hydrogen-bond acceptors (Lipinski definition) is 3. The average Bonchev–Trinajstić information content (AvgIpc) is 2.97. The minimum atomic E-state index is -0.516. The van der Waals surface area contributed by atoms with Crippen LogP contribution in [0.25, 0.3) is 5.69 Å². The Labute approximate surface area is 119 Å². The van der Waals surface area contributed by atoms with E-state index in [4.69, 9.17) is 0 Å². The summed E-state index contributed by atoms with van der Waals surface area (Å²) in [4.78, 5) is 0. The van der Waals surface area contributed by atoms with Crippen molar-refractivity contribution in [3.8, 4) is 5.69 Å². The van der Waals surface area contributed by atoms with Gasteiger partial charge in [-0.3, -0.25) is 0 Å². The molecule has 1 N–H and O–H groups in total. The second-order valence-electron chi connectivity index (χ2n) is 6.02. The first kappa shape index (κ1) is 13.3. The summed E-state index contributed by atoms with van der Waals surface area (Å²) < 4.78 is 1.75. The van der Waals surface area contributed by atoms with E-state index in [0.29, 0.717) is 0 Å². The molecule has 0 radical (unpaired) electrons. The molecular formula is C16H21N3O. The van der Waals surface area contributed by atoms with Crippen LogP contribution >= 0.6 is 0 Å². The minimum absolute atomic E-state index is 0.0630. The molecule has 1 fully saturated rings. The number of aromatic nitrogens is 3. The number of hydrogen-bond donors (Lipinski definition) is 1. The quantitative estimate of drug-likeness (QED) is 0.932. The van der Waals surface area contributed by atoms with E-state index in [-0.39, 0.29) is 5.41 Å². The van der Waals surface area contributed by atoms with Gasteiger partial charge in [0.2, 0.25) is 0 Å². The lowest BCUT2D eigenvalue weighted by molar-refractivity contribution is 0.00367. The van der Waals surface area contributed by atoms with Gasteiger partial charge in [0, 0.05) is 0 Å². The van der Waals surface area contributed by atoms with Crippen molar-refractivity contribution < 1.29 is 5.11 Å². The molecule has 1 saturated carbocycles. The Bertz CT molecular complexity index is 558. The maximum absolute atomic E-state index is 10.8. The molecule has 4 nitrogen and oxygen atoms in total. The number of benzene rings is 1. The minimum Gasteiger partial charge on any atom is -0.386 e. The molecule has 0 aliphatic heterocycles. The van der Waals surface area contributed by atoms with Crippen molar-refractivity contribution in [3.05, 3.63) is 42.2 Å². The molecule has 1 heterocycles. The monoisotopic (exact) mass is 271 g/mol. The van der Waals surface area contributed by atoms with Crippen molar-refractivity contribution in [2.24, 2.45) is 5.41 Å². The highest BCUT2D eigenvalue weighted by Gasteiger charge is 2.37. The smallest absolute Gasteiger partial charge is 0.103 e. The number of rotatable bonds is 3. The Hall–Kier alpha value is -1.68. The molecule has 3 rings (SSSR count). The number of para-hydroxylation sites is 1. The predicted molar refractivity (Wildman–Crippen MR) is 77.5 cm³/mol. The molecule has 0 saturated heterocycles. The molecule has 20 heavy (non-hydrogen) atoms. The third-order valence-electron chi connectivity index (χ3n) is 4.51. The highest BCUT2D eigenvalue weighted by Crippen LogP contribution is 2.45. The van der Waals surface area contributed by atoms with Crippen LogP contribution in [0.2, 0.25) is 0 Å². The molecular weight excluding hydrogens is 250 g/mol. The van der Waals surface area contributed by atoms with Crippen LogP contribution in [-0.4, -0.2) is 20.1 Å². The fraction of sp³-hybridized carbons (Fsp3) is 0.500. The summed E-state index contributed by atoms with van der Waals surface area (Å²) in [6.45, 7) is 2.18. The molecule has 1 aliphatic rings. The second-order valence-corrected chi connectivity index (χ2v) is 6.02. The first-order valence-corrected chi connectivity index (χ1v) is 7.35. The Morgan fingerprint density at radius 3 is 2.55 bits per heavy atom. The number of aliphatic hydroxyl groups excluding tert-OH is 1. The van der Waals surface area contributed by atoms with Crippen LogP contribution in [0.4, 0.5) is 0 Å². The fourth-order valence-electron chi connectivity index (χ4n) is 3.19. The summed E-state index contributed by atoms with van der Waals surface area (Å²) in [7, 11) is 0. The number of nitrogens with zero attached hydrogens (tertiary/aromatic N) is 3. The van der Waals surface area contributed by atoms with Crippen LogP contribution in [0.3, 0.4) is 0 Å². The zero-order chi connectivity index (χ0) is 14.0. The maximum Gasteiger partial charge on any atom is 0.103 e. The summed E-state index contributed by atoms with van der Waals surface area (Å²) in [6, 6.07) is 9.87. The maximum atomic E-state index is 10.8. The molecule has 0 spiro atoms. The largest absolute Gasteiger partial charge is 0.386 e. The molecule has 106 valence electrons. The molecule has 1 unspecified atom stereocenters. The molecule has 1 aromatic heterocycles. The molecule has 1 aromatic carbocycles. The van der Waals surface area contributed by atoms with Crippen LogP contribution in [-0.2, 0) is 0 Å². The van der Waals surface area contributed by atoms with E-state index in [1.807, 2.05) is 30.3 Å². The van der Waals surface area contributed by atoms with E-state index in [2.05, 4.69) is 17.2 Å². The van der Waals surface area contributed by atoms with Crippen molar-refractivity contribution in [2.45, 2.75) is 45.1 Å². The van der Waals surface area contributed by atoms with Gasteiger partial charge in [0.05, 0.1) is 17.6 Å². The predicted octanol–water partition coefficient (Wildman–Crippen LogP) is 3.27. The van der Waals surface area contributed by atoms with Gasteiger partial charge in [-0.1, -0.05) is 49.6 Å². The molecule has 1 aliphatic carbocycles. The highest BCUT2D eigenvalue weighted by molar-refractivity contribution is 5.32. The fourth-order valence-corrected chi connectivity index (χ4v) is 3.19. The van der Waals surface area contributed by atoms with E-state index in [0.717, 1.165) is 24.2 Å². The van der Waals surface area contributed by atoms with E-state index in [1.54, 1.807) is 10.9 Å². The van der Waals surface area contributed by atoms with Crippen LogP contribution in [0.5, 0.6) is 0 Å². The average molecular weight is 271 g/mol. The zero-order valence-electron chi connectivity index (χ0n) is 11.9. The van der Waals surface area contributed by atoms with Gasteiger partial charge >= 0.3 is 0 Å². The van der Waals surface area contributed by atoms with E-state index in [1.165, 1.54) is 19.3 Å². The lowest BCUT2D eigenvalue weighted by atomic mass is 9.71. The van der Waals surface area contributed by atoms with Crippen LogP contribution in [0.15, 0.2) is 36.5 Å². The summed E-state index contributed by atoms with van der Waals surface area (Å²) >= 11 is 0. The SMILES string of the molecule is CC1(C(O)c2cnnn2-c2ccccc2)CCCCC1. The van der Waals surface area contributed by atoms with Gasteiger partial charge in [-0.05, 0) is 30.4 Å². The van der Waals surface area contributed by atoms with Gasteiger partial charge in [0.25, 0.3) is 0 Å². The second kappa shape index (κ2) is 5.37. The Balaban J connectivity index is 1.93. The van der Waals surface area contributed by atoms with Gasteiger partial charge < -0.3 is 5.11 Å². The van der Waals surface area contributed by atoms with Crippen LogP contribution in [0, 0.1) is 5.41 Å².